The van der Waals surface area contributed by atoms with Gasteiger partial charge >= 0.3 is 0 Å². The van der Waals surface area contributed by atoms with Crippen LogP contribution >= 0.6 is 0 Å². The van der Waals surface area contributed by atoms with E-state index in [1.165, 1.54) is 25.5 Å². The van der Waals surface area contributed by atoms with Gasteiger partial charge < -0.3 is 9.84 Å². The number of nitrogens with one attached hydrogen (secondary N) is 1. The first-order valence-electron chi connectivity index (χ1n) is 6.25. The first-order chi connectivity index (χ1) is 8.31. The van der Waals surface area contributed by atoms with Crippen LogP contribution < -0.4 is 10.2 Å². The number of piperidine rings is 3. The number of aromatic nitrogens is 1. The number of anilines is 1. The van der Waals surface area contributed by atoms with Crippen LogP contribution in [0.1, 0.15) is 25.7 Å². The lowest BCUT2D eigenvalue weighted by atomic mass is 9.82. The number of amides is 1. The molecule has 3 saturated heterocycles. The maximum atomic E-state index is 11.8. The molecule has 4 rings (SSSR count). The monoisotopic (exact) mass is 235 g/mol. The maximum absolute atomic E-state index is 11.8. The third-order valence-corrected chi connectivity index (χ3v) is 3.90. The molecule has 1 unspecified atom stereocenters. The number of carbonyl (C=O) groups is 1. The summed E-state index contributed by atoms with van der Waals surface area (Å²) in [6.07, 6.45) is 5.82. The Labute approximate surface area is 100 Å². The molecule has 0 saturated carbocycles. The van der Waals surface area contributed by atoms with Crippen LogP contribution in [0.25, 0.3) is 0 Å². The molecule has 3 aliphatic heterocycles. The Morgan fingerprint density at radius 3 is 2.94 bits per heavy atom. The van der Waals surface area contributed by atoms with E-state index < -0.39 is 0 Å². The molecule has 0 spiro atoms. The van der Waals surface area contributed by atoms with Crippen molar-refractivity contribution in [2.45, 2.75) is 31.7 Å². The third-order valence-electron chi connectivity index (χ3n) is 3.90. The van der Waals surface area contributed by atoms with E-state index in [0.29, 0.717) is 18.3 Å². The fraction of sp³-hybridized carbons (Fsp3) is 0.667. The maximum Gasteiger partial charge on any atom is 0.231 e. The fourth-order valence-corrected chi connectivity index (χ4v) is 2.98. The van der Waals surface area contributed by atoms with Gasteiger partial charge in [-0.15, -0.1) is 0 Å². The zero-order valence-electron chi connectivity index (χ0n) is 9.76. The highest BCUT2D eigenvalue weighted by Crippen LogP contribution is 2.31. The van der Waals surface area contributed by atoms with E-state index in [9.17, 15) is 4.79 Å². The predicted octanol–water partition coefficient (Wildman–Crippen LogP) is 1.33. The number of fused-ring (bicyclic) bond motifs is 3. The summed E-state index contributed by atoms with van der Waals surface area (Å²) >= 11 is 0. The molecule has 5 heteroatoms. The molecule has 5 nitrogen and oxygen atoms in total. The van der Waals surface area contributed by atoms with Gasteiger partial charge in [-0.2, -0.15) is 4.90 Å². The second-order valence-electron chi connectivity index (χ2n) is 5.01. The molecule has 91 valence electrons. The average molecular weight is 235 g/mol. The highest BCUT2D eigenvalue weighted by atomic mass is 16.5. The quantitative estimate of drug-likeness (QED) is 0.804. The van der Waals surface area contributed by atoms with Crippen LogP contribution in [0.5, 0.6) is 0 Å². The molecule has 1 N–H and O–H groups in total. The summed E-state index contributed by atoms with van der Waals surface area (Å²) in [4.78, 5) is 14.3. The summed E-state index contributed by atoms with van der Waals surface area (Å²) in [5, 5.41) is 6.43. The topological polar surface area (TPSA) is 61.0 Å². The highest BCUT2D eigenvalue weighted by Gasteiger charge is 2.42. The first kappa shape index (κ1) is 10.8. The Morgan fingerprint density at radius 2 is 2.35 bits per heavy atom. The van der Waals surface area contributed by atoms with Gasteiger partial charge in [-0.05, 0) is 5.92 Å². The van der Waals surface area contributed by atoms with E-state index in [1.807, 2.05) is 0 Å². The lowest BCUT2D eigenvalue weighted by molar-refractivity contribution is -0.117. The number of nitrogens with zero attached hydrogens (tertiary/aromatic N) is 2. The smallest absolute Gasteiger partial charge is 0.231 e. The van der Waals surface area contributed by atoms with Crippen LogP contribution in [0, 0.1) is 5.92 Å². The van der Waals surface area contributed by atoms with Crippen molar-refractivity contribution in [3.8, 4) is 0 Å². The van der Waals surface area contributed by atoms with E-state index in [-0.39, 0.29) is 5.91 Å². The van der Waals surface area contributed by atoms with Crippen molar-refractivity contribution in [3.05, 3.63) is 12.3 Å². The largest absolute Gasteiger partial charge is 0.363 e. The lowest BCUT2D eigenvalue weighted by Gasteiger charge is -2.36. The van der Waals surface area contributed by atoms with Gasteiger partial charge in [-0.1, -0.05) is 5.16 Å². The average Bonchev–Trinajstić information content (AvgIpc) is 2.83. The first-order valence-corrected chi connectivity index (χ1v) is 6.25. The summed E-state index contributed by atoms with van der Waals surface area (Å²) in [5.74, 6) is 1.38. The van der Waals surface area contributed by atoms with Crippen LogP contribution in [-0.4, -0.2) is 30.2 Å². The minimum absolute atomic E-state index is 0.0384. The zero-order valence-corrected chi connectivity index (χ0v) is 9.76. The fourth-order valence-electron chi connectivity index (χ4n) is 2.98. The van der Waals surface area contributed by atoms with Gasteiger partial charge in [0.25, 0.3) is 0 Å². The molecule has 2 bridgehead atoms. The summed E-state index contributed by atoms with van der Waals surface area (Å²) in [6.45, 7) is 2.32. The van der Waals surface area contributed by atoms with Crippen molar-refractivity contribution in [1.82, 2.24) is 10.1 Å². The van der Waals surface area contributed by atoms with Gasteiger partial charge in [0.2, 0.25) is 5.91 Å². The minimum atomic E-state index is 0.0384. The second kappa shape index (κ2) is 4.49. The van der Waals surface area contributed by atoms with Crippen molar-refractivity contribution in [1.29, 1.82) is 0 Å². The SMILES string of the molecule is O=C(CC1CC2CC[N+]1CC2)Nc1ccon1. The predicted molar refractivity (Wildman–Crippen MR) is 62.7 cm³/mol. The third kappa shape index (κ3) is 2.34. The molecule has 1 aromatic heterocycles. The van der Waals surface area contributed by atoms with E-state index in [2.05, 4.69) is 19.9 Å². The molecule has 3 aliphatic rings. The molecule has 4 heterocycles. The normalized spacial score (nSPS) is 31.4. The molecule has 1 amide bonds. The van der Waals surface area contributed by atoms with Gasteiger partial charge in [0.15, 0.2) is 5.82 Å². The van der Waals surface area contributed by atoms with E-state index >= 15 is 0 Å². The molecule has 0 aromatic carbocycles. The van der Waals surface area contributed by atoms with E-state index in [4.69, 9.17) is 0 Å². The van der Waals surface area contributed by atoms with Crippen LogP contribution in [0.3, 0.4) is 0 Å². The van der Waals surface area contributed by atoms with Gasteiger partial charge in [-0.25, -0.2) is 0 Å². The molecule has 3 fully saturated rings. The van der Waals surface area contributed by atoms with Crippen molar-refractivity contribution in [2.75, 3.05) is 18.4 Å². The standard InChI is InChI=1S/C12H17N3O2/c16-12(13-11-3-6-17-14-11)8-10-7-9-1-4-15(10)5-2-9/h3,6,9-10H,1-2,4-5,7-8H2,(H,13,14,16)/q+1. The molecule has 1 atom stereocenters. The summed E-state index contributed by atoms with van der Waals surface area (Å²) in [6, 6.07) is 2.08. The van der Waals surface area contributed by atoms with Crippen molar-refractivity contribution in [3.63, 3.8) is 0 Å². The van der Waals surface area contributed by atoms with E-state index in [0.717, 1.165) is 19.0 Å². The molecule has 1 aromatic rings. The van der Waals surface area contributed by atoms with Crippen molar-refractivity contribution < 1.29 is 9.32 Å². The van der Waals surface area contributed by atoms with Gasteiger partial charge in [0.1, 0.15) is 25.4 Å². The van der Waals surface area contributed by atoms with Crippen LogP contribution in [0.2, 0.25) is 0 Å². The molecule has 0 aliphatic carbocycles. The lowest BCUT2D eigenvalue weighted by Crippen LogP contribution is -2.53. The zero-order chi connectivity index (χ0) is 11.7. The summed E-state index contributed by atoms with van der Waals surface area (Å²) < 4.78 is 4.68. The minimum Gasteiger partial charge on any atom is -0.363 e. The van der Waals surface area contributed by atoms with Gasteiger partial charge in [0.05, 0.1) is 6.42 Å². The van der Waals surface area contributed by atoms with Crippen LogP contribution in [-0.2, 0) is 4.79 Å². The van der Waals surface area contributed by atoms with E-state index in [1.54, 1.807) is 6.07 Å². The van der Waals surface area contributed by atoms with Crippen LogP contribution in [0.4, 0.5) is 5.82 Å². The van der Waals surface area contributed by atoms with Crippen LogP contribution in [0.15, 0.2) is 16.9 Å². The Morgan fingerprint density at radius 1 is 1.53 bits per heavy atom. The molecular weight excluding hydrogens is 218 g/mol. The Balaban J connectivity index is 1.55. The van der Waals surface area contributed by atoms with Gasteiger partial charge in [-0.3, -0.25) is 4.79 Å². The van der Waals surface area contributed by atoms with Gasteiger partial charge in [0, 0.05) is 25.3 Å². The summed E-state index contributed by atoms with van der Waals surface area (Å²) in [7, 11) is 0. The number of rotatable bonds is 3. The Hall–Kier alpha value is -1.36. The Kier molecular flexibility index (Phi) is 2.84. The van der Waals surface area contributed by atoms with Crippen molar-refractivity contribution >= 4 is 11.7 Å². The number of hydrogen-bond acceptors (Lipinski definition) is 4. The van der Waals surface area contributed by atoms with Crippen molar-refractivity contribution in [2.24, 2.45) is 5.92 Å². The molecule has 1 radical (unpaired) electrons. The summed E-state index contributed by atoms with van der Waals surface area (Å²) in [5.41, 5.74) is 0. The number of carbonyl (C=O) groups excluding carboxylic acids is 1. The number of hydrogen-bond donors (Lipinski definition) is 1. The second-order valence-corrected chi connectivity index (χ2v) is 5.01. The highest BCUT2D eigenvalue weighted by molar-refractivity contribution is 5.90. The Bertz CT molecular complexity index is 382. The molecular formula is C12H17N3O2+. The molecule has 17 heavy (non-hydrogen) atoms.